The second-order valence-electron chi connectivity index (χ2n) is 4.61. The van der Waals surface area contributed by atoms with Crippen LogP contribution in [-0.4, -0.2) is 16.0 Å². The first kappa shape index (κ1) is 18.0. The van der Waals surface area contributed by atoms with Crippen molar-refractivity contribution in [2.45, 2.75) is 0 Å². The highest BCUT2D eigenvalue weighted by molar-refractivity contribution is 9.11. The summed E-state index contributed by atoms with van der Waals surface area (Å²) in [6.07, 6.45) is 6.21. The van der Waals surface area contributed by atoms with Crippen LogP contribution in [-0.2, 0) is 4.79 Å². The molecule has 0 aromatic heterocycles. The first-order valence-corrected chi connectivity index (χ1v) is 8.81. The largest absolute Gasteiger partial charge is 0.507 e. The summed E-state index contributed by atoms with van der Waals surface area (Å²) >= 11 is 9.70. The molecule has 6 heteroatoms. The van der Waals surface area contributed by atoms with Crippen LogP contribution in [0.4, 0.5) is 0 Å². The van der Waals surface area contributed by atoms with Crippen molar-refractivity contribution in [2.24, 2.45) is 0 Å². The second-order valence-corrected chi connectivity index (χ2v) is 7.18. The third-order valence-corrected chi connectivity index (χ3v) is 4.74. The summed E-state index contributed by atoms with van der Waals surface area (Å²) in [6, 6.07) is 8.41. The number of ketones is 1. The number of carbonyl (C=O) groups excluding carboxylic acids is 1. The van der Waals surface area contributed by atoms with Gasteiger partial charge in [-0.2, -0.15) is 0 Å². The fraction of sp³-hybridized carbons (Fsp3) is 0. The molecule has 0 aliphatic rings. The Balaban J connectivity index is 2.09. The van der Waals surface area contributed by atoms with Crippen molar-refractivity contribution in [3.05, 3.63) is 67.0 Å². The van der Waals surface area contributed by atoms with Gasteiger partial charge in [-0.05, 0) is 95.3 Å². The number of aromatic hydroxyl groups is 2. The Morgan fingerprint density at radius 2 is 1.35 bits per heavy atom. The van der Waals surface area contributed by atoms with Crippen molar-refractivity contribution in [2.75, 3.05) is 0 Å². The molecule has 2 aromatic carbocycles. The molecule has 0 radical (unpaired) electrons. The SMILES string of the molecule is O=C(/C=C/c1ccc(O)c(Br)c1)/C=C/c1cc(Br)c(O)c(Br)c1. The topological polar surface area (TPSA) is 57.5 Å². The average molecular weight is 503 g/mol. The van der Waals surface area contributed by atoms with Gasteiger partial charge in [0.05, 0.1) is 13.4 Å². The number of phenols is 2. The van der Waals surface area contributed by atoms with Gasteiger partial charge in [-0.1, -0.05) is 18.2 Å². The Morgan fingerprint density at radius 1 is 0.826 bits per heavy atom. The molecule has 0 spiro atoms. The molecule has 0 aliphatic heterocycles. The van der Waals surface area contributed by atoms with Crippen LogP contribution in [0, 0.1) is 0 Å². The van der Waals surface area contributed by atoms with Crippen LogP contribution in [0.1, 0.15) is 11.1 Å². The minimum Gasteiger partial charge on any atom is -0.507 e. The van der Waals surface area contributed by atoms with Crippen molar-refractivity contribution in [3.8, 4) is 11.5 Å². The third kappa shape index (κ3) is 5.06. The molecule has 0 saturated carbocycles. The summed E-state index contributed by atoms with van der Waals surface area (Å²) in [4.78, 5) is 11.9. The Morgan fingerprint density at radius 3 is 1.91 bits per heavy atom. The summed E-state index contributed by atoms with van der Waals surface area (Å²) in [5, 5.41) is 19.1. The van der Waals surface area contributed by atoms with E-state index in [2.05, 4.69) is 47.8 Å². The highest BCUT2D eigenvalue weighted by Crippen LogP contribution is 2.33. The van der Waals surface area contributed by atoms with Crippen LogP contribution in [0.5, 0.6) is 11.5 Å². The van der Waals surface area contributed by atoms with E-state index >= 15 is 0 Å². The minimum atomic E-state index is -0.172. The number of allylic oxidation sites excluding steroid dienone is 2. The number of hydrogen-bond acceptors (Lipinski definition) is 3. The number of halogens is 3. The van der Waals surface area contributed by atoms with Crippen LogP contribution < -0.4 is 0 Å². The van der Waals surface area contributed by atoms with E-state index in [-0.39, 0.29) is 17.3 Å². The van der Waals surface area contributed by atoms with E-state index in [4.69, 9.17) is 0 Å². The monoisotopic (exact) mass is 500 g/mol. The van der Waals surface area contributed by atoms with Crippen molar-refractivity contribution >= 4 is 65.7 Å². The van der Waals surface area contributed by atoms with Crippen LogP contribution in [0.15, 0.2) is 55.9 Å². The van der Waals surface area contributed by atoms with E-state index in [1.807, 2.05) is 0 Å². The quantitative estimate of drug-likeness (QED) is 0.529. The van der Waals surface area contributed by atoms with E-state index < -0.39 is 0 Å². The molecule has 2 N–H and O–H groups in total. The molecule has 3 nitrogen and oxygen atoms in total. The Bertz CT molecular complexity index is 788. The number of benzene rings is 2. The normalized spacial score (nSPS) is 11.4. The maximum absolute atomic E-state index is 11.9. The smallest absolute Gasteiger partial charge is 0.178 e. The van der Waals surface area contributed by atoms with E-state index in [0.717, 1.165) is 11.1 Å². The van der Waals surface area contributed by atoms with Gasteiger partial charge in [0, 0.05) is 0 Å². The van der Waals surface area contributed by atoms with Gasteiger partial charge >= 0.3 is 0 Å². The molecular formula is C17H11Br3O3. The second kappa shape index (κ2) is 7.95. The van der Waals surface area contributed by atoms with Crippen molar-refractivity contribution in [1.82, 2.24) is 0 Å². The molecule has 0 heterocycles. The lowest BCUT2D eigenvalue weighted by atomic mass is 10.1. The van der Waals surface area contributed by atoms with Gasteiger partial charge in [0.15, 0.2) is 5.78 Å². The summed E-state index contributed by atoms with van der Waals surface area (Å²) in [5.41, 5.74) is 1.57. The maximum atomic E-state index is 11.9. The highest BCUT2D eigenvalue weighted by atomic mass is 79.9. The molecule has 0 fully saturated rings. The van der Waals surface area contributed by atoms with E-state index in [1.54, 1.807) is 42.5 Å². The molecule has 0 unspecified atom stereocenters. The van der Waals surface area contributed by atoms with E-state index in [0.29, 0.717) is 13.4 Å². The van der Waals surface area contributed by atoms with Crippen molar-refractivity contribution in [1.29, 1.82) is 0 Å². The van der Waals surface area contributed by atoms with Gasteiger partial charge < -0.3 is 10.2 Å². The van der Waals surface area contributed by atoms with Gasteiger partial charge in [-0.15, -0.1) is 0 Å². The van der Waals surface area contributed by atoms with Gasteiger partial charge in [-0.25, -0.2) is 0 Å². The van der Waals surface area contributed by atoms with Gasteiger partial charge in [0.1, 0.15) is 11.5 Å². The van der Waals surface area contributed by atoms with Crippen molar-refractivity contribution < 1.29 is 15.0 Å². The fourth-order valence-electron chi connectivity index (χ4n) is 1.72. The first-order chi connectivity index (χ1) is 10.9. The number of phenolic OH excluding ortho intramolecular Hbond substituents is 2. The number of rotatable bonds is 4. The maximum Gasteiger partial charge on any atom is 0.178 e. The number of hydrogen-bond donors (Lipinski definition) is 2. The first-order valence-electron chi connectivity index (χ1n) is 6.43. The standard InChI is InChI=1S/C17H11Br3O3/c18-13-7-10(3-6-16(13)22)1-4-12(21)5-2-11-8-14(19)17(23)15(20)9-11/h1-9,22-23H/b4-1+,5-2+. The molecule has 2 aromatic rings. The van der Waals surface area contributed by atoms with Crippen LogP contribution >= 0.6 is 47.8 Å². The summed E-state index contributed by atoms with van der Waals surface area (Å²) < 4.78 is 1.66. The fourth-order valence-corrected chi connectivity index (χ4v) is 3.34. The molecule has 0 bridgehead atoms. The molecule has 118 valence electrons. The Kier molecular flexibility index (Phi) is 6.21. The molecule has 23 heavy (non-hydrogen) atoms. The Labute approximate surface area is 158 Å². The lowest BCUT2D eigenvalue weighted by Crippen LogP contribution is -1.85. The zero-order chi connectivity index (χ0) is 17.0. The molecule has 2 rings (SSSR count). The highest BCUT2D eigenvalue weighted by Gasteiger charge is 2.04. The summed E-state index contributed by atoms with van der Waals surface area (Å²) in [7, 11) is 0. The average Bonchev–Trinajstić information content (AvgIpc) is 2.51. The molecular weight excluding hydrogens is 492 g/mol. The third-order valence-electron chi connectivity index (χ3n) is 2.89. The molecule has 0 saturated heterocycles. The van der Waals surface area contributed by atoms with Gasteiger partial charge in [0.2, 0.25) is 0 Å². The van der Waals surface area contributed by atoms with Gasteiger partial charge in [-0.3, -0.25) is 4.79 Å². The van der Waals surface area contributed by atoms with Crippen LogP contribution in [0.2, 0.25) is 0 Å². The Hall–Kier alpha value is -1.37. The number of carbonyl (C=O) groups is 1. The predicted molar refractivity (Wildman–Crippen MR) is 102 cm³/mol. The lowest BCUT2D eigenvalue weighted by molar-refractivity contribution is -0.110. The van der Waals surface area contributed by atoms with E-state index in [1.165, 1.54) is 12.2 Å². The van der Waals surface area contributed by atoms with E-state index in [9.17, 15) is 15.0 Å². The predicted octanol–water partition coefficient (Wildman–Crippen LogP) is 5.68. The zero-order valence-corrected chi connectivity index (χ0v) is 16.4. The summed E-state index contributed by atoms with van der Waals surface area (Å²) in [5.74, 6) is 0.0950. The molecule has 0 atom stereocenters. The zero-order valence-electron chi connectivity index (χ0n) is 11.6. The molecule has 0 amide bonds. The summed E-state index contributed by atoms with van der Waals surface area (Å²) in [6.45, 7) is 0. The van der Waals surface area contributed by atoms with Crippen LogP contribution in [0.3, 0.4) is 0 Å². The molecule has 0 aliphatic carbocycles. The van der Waals surface area contributed by atoms with Gasteiger partial charge in [0.25, 0.3) is 0 Å². The van der Waals surface area contributed by atoms with Crippen LogP contribution in [0.25, 0.3) is 12.2 Å². The van der Waals surface area contributed by atoms with Crippen molar-refractivity contribution in [3.63, 3.8) is 0 Å². The minimum absolute atomic E-state index is 0.117. The lowest BCUT2D eigenvalue weighted by Gasteiger charge is -2.01.